The van der Waals surface area contributed by atoms with Gasteiger partial charge in [-0.3, -0.25) is 14.4 Å². The molecule has 152 valence electrons. The summed E-state index contributed by atoms with van der Waals surface area (Å²) >= 11 is 0. The molecule has 0 heterocycles. The number of sulfonamides is 1. The first-order valence-corrected chi connectivity index (χ1v) is 9.98. The molecule has 0 saturated heterocycles. The first-order valence-electron chi connectivity index (χ1n) is 8.54. The van der Waals surface area contributed by atoms with Crippen molar-refractivity contribution in [3.05, 3.63) is 58.6 Å². The lowest BCUT2D eigenvalue weighted by Gasteiger charge is -2.28. The predicted molar refractivity (Wildman–Crippen MR) is 104 cm³/mol. The molecule has 0 unspecified atom stereocenters. The number of rotatable bonds is 9. The number of nitro groups is 1. The molecule has 10 heteroatoms. The molecular formula is C18H24N3O6S+. The number of nitrogens with one attached hydrogen (secondary N) is 1. The summed E-state index contributed by atoms with van der Waals surface area (Å²) in [5, 5.41) is 21.6. The second-order valence-corrected chi connectivity index (χ2v) is 8.39. The number of anilines is 1. The highest BCUT2D eigenvalue weighted by Crippen LogP contribution is 2.35. The van der Waals surface area contributed by atoms with E-state index in [1.165, 1.54) is 31.4 Å². The Morgan fingerprint density at radius 3 is 2.39 bits per heavy atom. The van der Waals surface area contributed by atoms with E-state index in [9.17, 15) is 23.6 Å². The van der Waals surface area contributed by atoms with Crippen LogP contribution in [-0.2, 0) is 10.0 Å². The van der Waals surface area contributed by atoms with Crippen LogP contribution in [0.1, 0.15) is 0 Å². The molecule has 0 aromatic heterocycles. The van der Waals surface area contributed by atoms with Crippen LogP contribution in [0.5, 0.6) is 5.75 Å². The number of ether oxygens (including phenoxy) is 1. The lowest BCUT2D eigenvalue weighted by atomic mass is 10.2. The largest absolute Gasteiger partial charge is 0.495 e. The zero-order chi connectivity index (χ0) is 20.9. The number of likely N-dealkylation sites (N-methyl/N-ethyl adjacent to an activating group) is 1. The van der Waals surface area contributed by atoms with Crippen molar-refractivity contribution in [2.75, 3.05) is 38.6 Å². The monoisotopic (exact) mass is 410 g/mol. The zero-order valence-electron chi connectivity index (χ0n) is 15.9. The maximum Gasteiger partial charge on any atom is 0.271 e. The van der Waals surface area contributed by atoms with E-state index in [1.54, 1.807) is 18.2 Å². The number of hydrogen-bond donors (Lipinski definition) is 2. The van der Waals surface area contributed by atoms with Gasteiger partial charge in [0.2, 0.25) is 0 Å². The number of benzene rings is 2. The minimum Gasteiger partial charge on any atom is -0.495 e. The number of aliphatic hydroxyl groups is 1. The van der Waals surface area contributed by atoms with Crippen molar-refractivity contribution in [3.63, 3.8) is 0 Å². The predicted octanol–water partition coefficient (Wildman–Crippen LogP) is 0.304. The van der Waals surface area contributed by atoms with E-state index in [-0.39, 0.29) is 35.1 Å². The van der Waals surface area contributed by atoms with Crippen LogP contribution in [0.15, 0.2) is 53.4 Å². The molecule has 2 rings (SSSR count). The van der Waals surface area contributed by atoms with Gasteiger partial charge in [-0.2, -0.15) is 0 Å². The normalized spacial score (nSPS) is 12.6. The quantitative estimate of drug-likeness (QED) is 0.454. The molecule has 0 fully saturated rings. The smallest absolute Gasteiger partial charge is 0.271 e. The van der Waals surface area contributed by atoms with E-state index < -0.39 is 21.1 Å². The van der Waals surface area contributed by atoms with Gasteiger partial charge in [-0.05, 0) is 18.2 Å². The van der Waals surface area contributed by atoms with Gasteiger partial charge in [0.15, 0.2) is 0 Å². The number of nitro benzene ring substituents is 1. The van der Waals surface area contributed by atoms with Crippen molar-refractivity contribution in [1.29, 1.82) is 0 Å². The van der Waals surface area contributed by atoms with E-state index in [2.05, 4.69) is 0 Å². The van der Waals surface area contributed by atoms with E-state index in [1.807, 2.05) is 14.1 Å². The van der Waals surface area contributed by atoms with Crippen LogP contribution < -0.4 is 13.9 Å². The molecular weight excluding hydrogens is 386 g/mol. The Morgan fingerprint density at radius 1 is 1.21 bits per heavy atom. The van der Waals surface area contributed by atoms with Gasteiger partial charge in [0.1, 0.15) is 24.1 Å². The fourth-order valence-electron chi connectivity index (χ4n) is 2.76. The second-order valence-electron chi connectivity index (χ2n) is 6.53. The molecule has 0 aliphatic rings. The van der Waals surface area contributed by atoms with Crippen molar-refractivity contribution in [3.8, 4) is 5.75 Å². The van der Waals surface area contributed by atoms with Crippen molar-refractivity contribution < 1.29 is 28.1 Å². The number of non-ortho nitro benzene ring substituents is 1. The van der Waals surface area contributed by atoms with Gasteiger partial charge < -0.3 is 14.7 Å². The SMILES string of the molecule is COc1ccc([N+](=O)[O-])cc1N(C[C@@H](O)C[NH+](C)C)S(=O)(=O)c1ccccc1. The summed E-state index contributed by atoms with van der Waals surface area (Å²) in [4.78, 5) is 11.5. The zero-order valence-corrected chi connectivity index (χ0v) is 16.7. The van der Waals surface area contributed by atoms with Crippen LogP contribution in [0.3, 0.4) is 0 Å². The van der Waals surface area contributed by atoms with Gasteiger partial charge in [-0.1, -0.05) is 18.2 Å². The first kappa shape index (κ1) is 21.6. The molecule has 0 aliphatic carbocycles. The summed E-state index contributed by atoms with van der Waals surface area (Å²) in [6.45, 7) is 0.0119. The van der Waals surface area contributed by atoms with Crippen molar-refractivity contribution in [2.45, 2.75) is 11.0 Å². The summed E-state index contributed by atoms with van der Waals surface area (Å²) in [5.41, 5.74) is -0.287. The Balaban J connectivity index is 2.62. The highest BCUT2D eigenvalue weighted by molar-refractivity contribution is 7.92. The molecule has 2 aromatic carbocycles. The van der Waals surface area contributed by atoms with Crippen LogP contribution >= 0.6 is 0 Å². The standard InChI is InChI=1S/C18H23N3O6S/c1-19(2)12-15(22)13-20(28(25,26)16-7-5-4-6-8-16)17-11-14(21(23)24)9-10-18(17)27-3/h4-11,15,22H,12-13H2,1-3H3/p+1/t15-/m0/s1. The molecule has 9 nitrogen and oxygen atoms in total. The van der Waals surface area contributed by atoms with Crippen LogP contribution in [0.4, 0.5) is 11.4 Å². The number of quaternary nitrogens is 1. The molecule has 0 aliphatic heterocycles. The summed E-state index contributed by atoms with van der Waals surface area (Å²) in [7, 11) is 0.900. The van der Waals surface area contributed by atoms with Crippen LogP contribution in [0, 0.1) is 10.1 Å². The minimum atomic E-state index is -4.10. The fourth-order valence-corrected chi connectivity index (χ4v) is 4.29. The molecule has 28 heavy (non-hydrogen) atoms. The van der Waals surface area contributed by atoms with Gasteiger partial charge in [0.25, 0.3) is 15.7 Å². The first-order chi connectivity index (χ1) is 13.2. The van der Waals surface area contributed by atoms with Gasteiger partial charge in [0, 0.05) is 12.1 Å². The van der Waals surface area contributed by atoms with Crippen LogP contribution in [0.25, 0.3) is 0 Å². The van der Waals surface area contributed by atoms with Crippen molar-refractivity contribution >= 4 is 21.4 Å². The average Bonchev–Trinajstić information content (AvgIpc) is 2.65. The van der Waals surface area contributed by atoms with Gasteiger partial charge in [0.05, 0.1) is 37.6 Å². The average molecular weight is 410 g/mol. The van der Waals surface area contributed by atoms with Gasteiger partial charge in [-0.15, -0.1) is 0 Å². The van der Waals surface area contributed by atoms with Crippen molar-refractivity contribution in [2.24, 2.45) is 0 Å². The lowest BCUT2D eigenvalue weighted by Crippen LogP contribution is -3.07. The molecule has 1 atom stereocenters. The Kier molecular flexibility index (Phi) is 6.95. The van der Waals surface area contributed by atoms with Gasteiger partial charge >= 0.3 is 0 Å². The molecule has 0 bridgehead atoms. The van der Waals surface area contributed by atoms with Crippen LogP contribution in [-0.4, -0.2) is 58.8 Å². The second kappa shape index (κ2) is 9.00. The number of hydrogen-bond acceptors (Lipinski definition) is 6. The molecule has 0 spiro atoms. The van der Waals surface area contributed by atoms with E-state index in [4.69, 9.17) is 4.74 Å². The number of methoxy groups -OCH3 is 1. The summed E-state index contributed by atoms with van der Waals surface area (Å²) in [6, 6.07) is 11.4. The Labute approximate surface area is 164 Å². The Bertz CT molecular complexity index is 918. The Hall–Kier alpha value is -2.69. The van der Waals surface area contributed by atoms with E-state index in [0.29, 0.717) is 0 Å². The van der Waals surface area contributed by atoms with E-state index in [0.717, 1.165) is 15.3 Å². The van der Waals surface area contributed by atoms with Crippen molar-refractivity contribution in [1.82, 2.24) is 0 Å². The van der Waals surface area contributed by atoms with E-state index >= 15 is 0 Å². The summed E-state index contributed by atoms with van der Waals surface area (Å²) in [6.07, 6.45) is -0.993. The number of aliphatic hydroxyl groups excluding tert-OH is 1. The highest BCUT2D eigenvalue weighted by Gasteiger charge is 2.31. The molecule has 0 amide bonds. The third-order valence-corrected chi connectivity index (χ3v) is 5.79. The molecule has 0 radical (unpaired) electrons. The topological polar surface area (TPSA) is 114 Å². The maximum absolute atomic E-state index is 13.3. The van der Waals surface area contributed by atoms with Gasteiger partial charge in [-0.25, -0.2) is 8.42 Å². The molecule has 0 saturated carbocycles. The fraction of sp³-hybridized carbons (Fsp3) is 0.333. The molecule has 2 N–H and O–H groups in total. The summed E-state index contributed by atoms with van der Waals surface area (Å²) in [5.74, 6) is 0.148. The third-order valence-electron chi connectivity index (χ3n) is 3.99. The number of nitrogens with zero attached hydrogens (tertiary/aromatic N) is 2. The summed E-state index contributed by atoms with van der Waals surface area (Å²) < 4.78 is 32.8. The van der Waals surface area contributed by atoms with Crippen LogP contribution in [0.2, 0.25) is 0 Å². The Morgan fingerprint density at radius 2 is 1.86 bits per heavy atom. The highest BCUT2D eigenvalue weighted by atomic mass is 32.2. The maximum atomic E-state index is 13.3. The lowest BCUT2D eigenvalue weighted by molar-refractivity contribution is -0.861. The minimum absolute atomic E-state index is 0.00615. The molecule has 2 aromatic rings. The third kappa shape index (κ3) is 4.97.